The van der Waals surface area contributed by atoms with Crippen LogP contribution in [0.5, 0.6) is 0 Å². The Labute approximate surface area is 114 Å². The monoisotopic (exact) mass is 278 g/mol. The zero-order valence-electron chi connectivity index (χ0n) is 10.6. The third-order valence-corrected chi connectivity index (χ3v) is 3.63. The van der Waals surface area contributed by atoms with Crippen molar-refractivity contribution in [3.8, 4) is 0 Å². The predicted molar refractivity (Wildman–Crippen MR) is 71.2 cm³/mol. The van der Waals surface area contributed by atoms with Crippen LogP contribution in [0.2, 0.25) is 0 Å². The summed E-state index contributed by atoms with van der Waals surface area (Å²) in [7, 11) is 1.91. The van der Waals surface area contributed by atoms with Gasteiger partial charge in [-0.25, -0.2) is 10.8 Å². The highest BCUT2D eigenvalue weighted by Crippen LogP contribution is 2.19. The first-order chi connectivity index (χ1) is 9.11. The smallest absolute Gasteiger partial charge is 0.283 e. The SMILES string of the molecule is Cc1nnc(SCc2cccc(C(=O)NN)n2)n1C. The molecule has 2 heterocycles. The van der Waals surface area contributed by atoms with E-state index in [0.29, 0.717) is 11.4 Å². The van der Waals surface area contributed by atoms with Crippen molar-refractivity contribution in [1.82, 2.24) is 25.2 Å². The van der Waals surface area contributed by atoms with E-state index < -0.39 is 5.91 Å². The summed E-state index contributed by atoms with van der Waals surface area (Å²) in [6.07, 6.45) is 0. The van der Waals surface area contributed by atoms with Crippen molar-refractivity contribution in [2.45, 2.75) is 17.8 Å². The molecule has 0 aliphatic heterocycles. The molecule has 0 radical (unpaired) electrons. The number of hydrogen-bond acceptors (Lipinski definition) is 6. The highest BCUT2D eigenvalue weighted by molar-refractivity contribution is 7.98. The van der Waals surface area contributed by atoms with Gasteiger partial charge in [-0.05, 0) is 19.1 Å². The number of carbonyl (C=O) groups excluding carboxylic acids is 1. The Morgan fingerprint density at radius 2 is 2.26 bits per heavy atom. The van der Waals surface area contributed by atoms with Crippen molar-refractivity contribution in [3.05, 3.63) is 35.4 Å². The lowest BCUT2D eigenvalue weighted by atomic mass is 10.3. The molecule has 7 nitrogen and oxygen atoms in total. The quantitative estimate of drug-likeness (QED) is 0.364. The van der Waals surface area contributed by atoms with E-state index in [1.807, 2.05) is 24.6 Å². The van der Waals surface area contributed by atoms with Crippen LogP contribution in [0.25, 0.3) is 0 Å². The Kier molecular flexibility index (Phi) is 4.13. The number of hydrogen-bond donors (Lipinski definition) is 2. The minimum Gasteiger partial charge on any atom is -0.309 e. The van der Waals surface area contributed by atoms with Gasteiger partial charge in [0.2, 0.25) is 0 Å². The molecule has 0 fully saturated rings. The van der Waals surface area contributed by atoms with Crippen LogP contribution < -0.4 is 11.3 Å². The Bertz CT molecular complexity index is 597. The maximum absolute atomic E-state index is 11.4. The first-order valence-corrected chi connectivity index (χ1v) is 6.56. The molecule has 2 aromatic rings. The molecule has 0 unspecified atom stereocenters. The van der Waals surface area contributed by atoms with Gasteiger partial charge in [0, 0.05) is 12.8 Å². The number of aromatic nitrogens is 4. The van der Waals surface area contributed by atoms with Gasteiger partial charge in [0.15, 0.2) is 5.16 Å². The van der Waals surface area contributed by atoms with E-state index in [2.05, 4.69) is 20.6 Å². The Hall–Kier alpha value is -1.93. The van der Waals surface area contributed by atoms with Crippen LogP contribution in [0.1, 0.15) is 22.0 Å². The predicted octanol–water partition coefficient (Wildman–Crippen LogP) is 0.414. The minimum absolute atomic E-state index is 0.301. The van der Waals surface area contributed by atoms with Crippen LogP contribution in [-0.4, -0.2) is 25.7 Å². The Balaban J connectivity index is 2.07. The number of pyridine rings is 1. The number of carbonyl (C=O) groups is 1. The summed E-state index contributed by atoms with van der Waals surface area (Å²) < 4.78 is 1.90. The first-order valence-electron chi connectivity index (χ1n) is 5.57. The molecule has 3 N–H and O–H groups in total. The second kappa shape index (κ2) is 5.81. The van der Waals surface area contributed by atoms with E-state index in [-0.39, 0.29) is 0 Å². The second-order valence-corrected chi connectivity index (χ2v) is 4.81. The number of thioether (sulfide) groups is 1. The highest BCUT2D eigenvalue weighted by Gasteiger charge is 2.09. The number of hydrazine groups is 1. The molecule has 0 saturated carbocycles. The van der Waals surface area contributed by atoms with Gasteiger partial charge in [-0.15, -0.1) is 10.2 Å². The molecule has 0 aliphatic carbocycles. The molecule has 1 amide bonds. The van der Waals surface area contributed by atoms with Gasteiger partial charge >= 0.3 is 0 Å². The van der Waals surface area contributed by atoms with E-state index in [1.165, 1.54) is 11.8 Å². The number of nitrogens with two attached hydrogens (primary N) is 1. The standard InChI is InChI=1S/C11H14N6OS/c1-7-15-16-11(17(7)2)19-6-8-4-3-5-9(13-8)10(18)14-12/h3-5H,6,12H2,1-2H3,(H,14,18). The van der Waals surface area contributed by atoms with E-state index >= 15 is 0 Å². The molecule has 8 heteroatoms. The first kappa shape index (κ1) is 13.5. The van der Waals surface area contributed by atoms with Crippen molar-refractivity contribution in [2.75, 3.05) is 0 Å². The van der Waals surface area contributed by atoms with Gasteiger partial charge in [-0.2, -0.15) is 0 Å². The average Bonchev–Trinajstić information content (AvgIpc) is 2.76. The summed E-state index contributed by atoms with van der Waals surface area (Å²) in [4.78, 5) is 15.6. The van der Waals surface area contributed by atoms with Crippen LogP contribution >= 0.6 is 11.8 Å². The number of nitrogens with one attached hydrogen (secondary N) is 1. The zero-order valence-corrected chi connectivity index (χ0v) is 11.4. The fraction of sp³-hybridized carbons (Fsp3) is 0.273. The summed E-state index contributed by atoms with van der Waals surface area (Å²) in [5.74, 6) is 6.14. The van der Waals surface area contributed by atoms with Crippen LogP contribution in [0, 0.1) is 6.92 Å². The number of aryl methyl sites for hydroxylation is 1. The molecule has 0 bridgehead atoms. The summed E-state index contributed by atoms with van der Waals surface area (Å²) in [6.45, 7) is 1.89. The van der Waals surface area contributed by atoms with Crippen LogP contribution in [0.15, 0.2) is 23.4 Å². The van der Waals surface area contributed by atoms with Gasteiger partial charge in [0.1, 0.15) is 11.5 Å². The van der Waals surface area contributed by atoms with Gasteiger partial charge in [0.05, 0.1) is 5.69 Å². The van der Waals surface area contributed by atoms with Crippen molar-refractivity contribution in [2.24, 2.45) is 12.9 Å². The van der Waals surface area contributed by atoms with E-state index in [0.717, 1.165) is 16.7 Å². The zero-order chi connectivity index (χ0) is 13.8. The maximum atomic E-state index is 11.4. The molecule has 100 valence electrons. The average molecular weight is 278 g/mol. The molecule has 0 aliphatic rings. The van der Waals surface area contributed by atoms with Crippen molar-refractivity contribution in [1.29, 1.82) is 0 Å². The molecular weight excluding hydrogens is 264 g/mol. The van der Waals surface area contributed by atoms with E-state index in [1.54, 1.807) is 12.1 Å². The van der Waals surface area contributed by atoms with E-state index in [9.17, 15) is 4.79 Å². The third kappa shape index (κ3) is 3.09. The van der Waals surface area contributed by atoms with E-state index in [4.69, 9.17) is 5.84 Å². The van der Waals surface area contributed by atoms with Gasteiger partial charge in [-0.3, -0.25) is 10.2 Å². The maximum Gasteiger partial charge on any atom is 0.283 e. The summed E-state index contributed by atoms with van der Waals surface area (Å²) in [6, 6.07) is 5.24. The Morgan fingerprint density at radius 3 is 2.89 bits per heavy atom. The molecule has 2 rings (SSSR count). The molecule has 0 saturated heterocycles. The normalized spacial score (nSPS) is 10.5. The largest absolute Gasteiger partial charge is 0.309 e. The van der Waals surface area contributed by atoms with Gasteiger partial charge in [0.25, 0.3) is 5.91 Å². The molecule has 2 aromatic heterocycles. The third-order valence-electron chi connectivity index (χ3n) is 2.57. The van der Waals surface area contributed by atoms with Crippen LogP contribution in [-0.2, 0) is 12.8 Å². The lowest BCUT2D eigenvalue weighted by Crippen LogP contribution is -2.30. The van der Waals surface area contributed by atoms with Gasteiger partial charge in [-0.1, -0.05) is 17.8 Å². The lowest BCUT2D eigenvalue weighted by Gasteiger charge is -2.03. The highest BCUT2D eigenvalue weighted by atomic mass is 32.2. The number of amides is 1. The lowest BCUT2D eigenvalue weighted by molar-refractivity contribution is 0.0948. The summed E-state index contributed by atoms with van der Waals surface area (Å²) in [5.41, 5.74) is 3.14. The summed E-state index contributed by atoms with van der Waals surface area (Å²) in [5, 5.41) is 8.84. The fourth-order valence-corrected chi connectivity index (χ4v) is 2.27. The second-order valence-electron chi connectivity index (χ2n) is 3.87. The van der Waals surface area contributed by atoms with Gasteiger partial charge < -0.3 is 4.57 Å². The number of nitrogens with zero attached hydrogens (tertiary/aromatic N) is 4. The summed E-state index contributed by atoms with van der Waals surface area (Å²) >= 11 is 1.51. The molecule has 0 aromatic carbocycles. The number of rotatable bonds is 4. The molecule has 0 spiro atoms. The number of nitrogen functional groups attached to an aromatic ring is 1. The van der Waals surface area contributed by atoms with Crippen molar-refractivity contribution in [3.63, 3.8) is 0 Å². The minimum atomic E-state index is -0.402. The Morgan fingerprint density at radius 1 is 1.47 bits per heavy atom. The molecular formula is C11H14N6OS. The van der Waals surface area contributed by atoms with Crippen molar-refractivity contribution >= 4 is 17.7 Å². The molecule has 0 atom stereocenters. The topological polar surface area (TPSA) is 98.7 Å². The fourth-order valence-electron chi connectivity index (χ4n) is 1.41. The van der Waals surface area contributed by atoms with Crippen LogP contribution in [0.4, 0.5) is 0 Å². The van der Waals surface area contributed by atoms with Crippen LogP contribution in [0.3, 0.4) is 0 Å². The van der Waals surface area contributed by atoms with Crippen molar-refractivity contribution < 1.29 is 4.79 Å². The molecule has 19 heavy (non-hydrogen) atoms.